The third kappa shape index (κ3) is 2.31. The minimum atomic E-state index is -0.233. The Bertz CT molecular complexity index is 387. The summed E-state index contributed by atoms with van der Waals surface area (Å²) in [7, 11) is 1.55. The number of hydrogen-bond donors (Lipinski definition) is 0. The molecule has 0 aromatic carbocycles. The molecule has 3 fully saturated rings. The van der Waals surface area contributed by atoms with E-state index >= 15 is 0 Å². The van der Waals surface area contributed by atoms with Crippen molar-refractivity contribution in [1.29, 1.82) is 0 Å². The fourth-order valence-corrected chi connectivity index (χ4v) is 2.85. The molecule has 0 radical (unpaired) electrons. The van der Waals surface area contributed by atoms with Crippen LogP contribution in [0.1, 0.15) is 47.0 Å². The highest BCUT2D eigenvalue weighted by atomic mass is 16.7. The zero-order chi connectivity index (χ0) is 13.8. The lowest BCUT2D eigenvalue weighted by Gasteiger charge is -2.32. The van der Waals surface area contributed by atoms with Gasteiger partial charge < -0.3 is 14.1 Å². The van der Waals surface area contributed by atoms with Crippen LogP contribution in [0.25, 0.3) is 0 Å². The molecule has 3 aliphatic rings. The third-order valence-corrected chi connectivity index (χ3v) is 5.03. The van der Waals surface area contributed by atoms with E-state index in [1.165, 1.54) is 18.6 Å². The van der Waals surface area contributed by atoms with Gasteiger partial charge in [0.1, 0.15) is 7.11 Å². The van der Waals surface area contributed by atoms with Gasteiger partial charge in [0.2, 0.25) is 0 Å². The van der Waals surface area contributed by atoms with Crippen molar-refractivity contribution in [2.45, 2.75) is 64.0 Å². The Balaban J connectivity index is 1.66. The molecule has 2 aliphatic carbocycles. The maximum absolute atomic E-state index is 6.13. The Morgan fingerprint density at radius 2 is 1.74 bits per heavy atom. The van der Waals surface area contributed by atoms with E-state index in [-0.39, 0.29) is 18.3 Å². The molecule has 19 heavy (non-hydrogen) atoms. The third-order valence-electron chi connectivity index (χ3n) is 5.03. The molecule has 0 amide bonds. The molecular formula is C14H24BNO3. The lowest BCUT2D eigenvalue weighted by atomic mass is 9.79. The summed E-state index contributed by atoms with van der Waals surface area (Å²) in [4.78, 5) is 5.01. The van der Waals surface area contributed by atoms with E-state index in [1.54, 1.807) is 7.11 Å². The molecule has 0 N–H and O–H groups in total. The van der Waals surface area contributed by atoms with Gasteiger partial charge in [-0.25, -0.2) is 0 Å². The van der Waals surface area contributed by atoms with Gasteiger partial charge >= 0.3 is 7.12 Å². The molecule has 2 atom stereocenters. The summed E-state index contributed by atoms with van der Waals surface area (Å²) in [5, 5.41) is 4.25. The molecule has 0 aromatic rings. The van der Waals surface area contributed by atoms with Gasteiger partial charge in [-0.15, -0.1) is 0 Å². The smallest absolute Gasteiger partial charge is 0.403 e. The molecule has 2 saturated carbocycles. The van der Waals surface area contributed by atoms with Crippen LogP contribution in [0.15, 0.2) is 5.16 Å². The van der Waals surface area contributed by atoms with Crippen molar-refractivity contribution in [2.24, 2.45) is 17.0 Å². The van der Waals surface area contributed by atoms with Crippen LogP contribution in [0.3, 0.4) is 0 Å². The van der Waals surface area contributed by atoms with E-state index in [9.17, 15) is 0 Å². The highest BCUT2D eigenvalue weighted by molar-refractivity contribution is 6.49. The van der Waals surface area contributed by atoms with Crippen molar-refractivity contribution in [2.75, 3.05) is 7.11 Å². The maximum atomic E-state index is 6.13. The van der Waals surface area contributed by atoms with Crippen molar-refractivity contribution in [1.82, 2.24) is 0 Å². The summed E-state index contributed by atoms with van der Waals surface area (Å²) in [6, 6.07) is 0. The molecule has 1 saturated heterocycles. The fourth-order valence-electron chi connectivity index (χ4n) is 2.85. The van der Waals surface area contributed by atoms with Gasteiger partial charge in [-0.3, -0.25) is 0 Å². The van der Waals surface area contributed by atoms with Crippen LogP contribution in [0.4, 0.5) is 0 Å². The Morgan fingerprint density at radius 1 is 1.16 bits per heavy atom. The van der Waals surface area contributed by atoms with Gasteiger partial charge in [-0.1, -0.05) is 5.16 Å². The number of nitrogens with zero attached hydrogens (tertiary/aromatic N) is 1. The van der Waals surface area contributed by atoms with E-state index in [4.69, 9.17) is 14.1 Å². The largest absolute Gasteiger partial charge is 0.461 e. The lowest BCUT2D eigenvalue weighted by molar-refractivity contribution is 0.00578. The van der Waals surface area contributed by atoms with Crippen LogP contribution in [-0.4, -0.2) is 31.1 Å². The van der Waals surface area contributed by atoms with Gasteiger partial charge in [0.15, 0.2) is 0 Å². The standard InChI is InChI=1S/C14H24BNO3/c1-13(2)14(3,4)19-15(18-13)11-8-10(11)12(16-17-5)9-6-7-9/h9-11H,6-8H2,1-5H3/b16-12+/t10-,11+/m1/s1. The van der Waals surface area contributed by atoms with Gasteiger partial charge in [0.05, 0.1) is 16.9 Å². The van der Waals surface area contributed by atoms with Crippen LogP contribution in [0.2, 0.25) is 5.82 Å². The van der Waals surface area contributed by atoms with Crippen molar-refractivity contribution in [3.8, 4) is 0 Å². The van der Waals surface area contributed by atoms with E-state index in [2.05, 4.69) is 32.9 Å². The Morgan fingerprint density at radius 3 is 2.21 bits per heavy atom. The summed E-state index contributed by atoms with van der Waals surface area (Å²) in [5.74, 6) is 1.61. The SMILES string of the molecule is CO/N=C(\C1CC1)[C@@H]1C[C@@H]1B1OC(C)(C)C(C)(C)O1. The summed E-state index contributed by atoms with van der Waals surface area (Å²) in [5.41, 5.74) is 0.772. The second-order valence-electron chi connectivity index (χ2n) is 7.10. The molecule has 0 bridgehead atoms. The molecule has 0 unspecified atom stereocenters. The predicted molar refractivity (Wildman–Crippen MR) is 75.1 cm³/mol. The second-order valence-corrected chi connectivity index (χ2v) is 7.10. The van der Waals surface area contributed by atoms with E-state index in [0.29, 0.717) is 17.7 Å². The Labute approximate surface area is 116 Å². The predicted octanol–water partition coefficient (Wildman–Crippen LogP) is 2.88. The van der Waals surface area contributed by atoms with Crippen molar-refractivity contribution in [3.05, 3.63) is 0 Å². The first-order valence-corrected chi connectivity index (χ1v) is 7.32. The first-order valence-electron chi connectivity index (χ1n) is 7.32. The molecular weight excluding hydrogens is 241 g/mol. The lowest BCUT2D eigenvalue weighted by Crippen LogP contribution is -2.41. The zero-order valence-corrected chi connectivity index (χ0v) is 12.6. The van der Waals surface area contributed by atoms with Gasteiger partial charge in [-0.05, 0) is 47.0 Å². The fraction of sp³-hybridized carbons (Fsp3) is 0.929. The number of hydrogen-bond acceptors (Lipinski definition) is 4. The zero-order valence-electron chi connectivity index (χ0n) is 12.6. The van der Waals surface area contributed by atoms with Crippen LogP contribution < -0.4 is 0 Å². The van der Waals surface area contributed by atoms with Crippen LogP contribution in [0.5, 0.6) is 0 Å². The molecule has 106 valence electrons. The van der Waals surface area contributed by atoms with Crippen LogP contribution in [-0.2, 0) is 14.1 Å². The summed E-state index contributed by atoms with van der Waals surface area (Å²) < 4.78 is 12.3. The van der Waals surface area contributed by atoms with Crippen molar-refractivity contribution < 1.29 is 14.1 Å². The highest BCUT2D eigenvalue weighted by Crippen LogP contribution is 2.56. The monoisotopic (exact) mass is 265 g/mol. The second kappa shape index (κ2) is 4.22. The molecule has 0 spiro atoms. The number of oxime groups is 1. The van der Waals surface area contributed by atoms with E-state index < -0.39 is 0 Å². The Kier molecular flexibility index (Phi) is 2.99. The minimum absolute atomic E-state index is 0.0872. The van der Waals surface area contributed by atoms with Gasteiger partial charge in [-0.2, -0.15) is 0 Å². The minimum Gasteiger partial charge on any atom is -0.403 e. The first-order chi connectivity index (χ1) is 8.86. The molecule has 1 aliphatic heterocycles. The van der Waals surface area contributed by atoms with E-state index in [1.807, 2.05) is 0 Å². The molecule has 0 aromatic heterocycles. The maximum Gasteiger partial charge on any atom is 0.461 e. The van der Waals surface area contributed by atoms with Crippen LogP contribution in [0, 0.1) is 11.8 Å². The van der Waals surface area contributed by atoms with Crippen molar-refractivity contribution in [3.63, 3.8) is 0 Å². The summed E-state index contributed by atoms with van der Waals surface area (Å²) in [6.07, 6.45) is 3.64. The Hall–Kier alpha value is -0.545. The first kappa shape index (κ1) is 13.4. The molecule has 5 heteroatoms. The normalized spacial score (nSPS) is 36.5. The van der Waals surface area contributed by atoms with Crippen LogP contribution >= 0.6 is 0 Å². The quantitative estimate of drug-likeness (QED) is 0.446. The highest BCUT2D eigenvalue weighted by Gasteiger charge is 2.61. The molecule has 1 heterocycles. The molecule has 3 rings (SSSR count). The van der Waals surface area contributed by atoms with Crippen molar-refractivity contribution >= 4 is 12.8 Å². The number of rotatable bonds is 4. The average molecular weight is 265 g/mol. The van der Waals surface area contributed by atoms with Gasteiger partial charge in [0, 0.05) is 17.7 Å². The summed E-state index contributed by atoms with van der Waals surface area (Å²) in [6.45, 7) is 8.43. The average Bonchev–Trinajstić information content (AvgIpc) is 3.17. The topological polar surface area (TPSA) is 40.0 Å². The van der Waals surface area contributed by atoms with E-state index in [0.717, 1.165) is 6.42 Å². The van der Waals surface area contributed by atoms with Gasteiger partial charge in [0.25, 0.3) is 0 Å². The summed E-state index contributed by atoms with van der Waals surface area (Å²) >= 11 is 0. The molecule has 4 nitrogen and oxygen atoms in total.